The van der Waals surface area contributed by atoms with Gasteiger partial charge >= 0.3 is 0 Å². The lowest BCUT2D eigenvalue weighted by Gasteiger charge is -2.11. The first-order valence-corrected chi connectivity index (χ1v) is 11.7. The van der Waals surface area contributed by atoms with Crippen molar-refractivity contribution in [1.29, 1.82) is 0 Å². The highest BCUT2D eigenvalue weighted by Crippen LogP contribution is 2.30. The average Bonchev–Trinajstić information content (AvgIpc) is 3.19. The number of carbonyl (C=O) groups is 1. The molecule has 1 amide bonds. The van der Waals surface area contributed by atoms with E-state index < -0.39 is 0 Å². The van der Waals surface area contributed by atoms with Gasteiger partial charge in [-0.15, -0.1) is 11.8 Å². The Kier molecular flexibility index (Phi) is 6.20. The lowest BCUT2D eigenvalue weighted by Crippen LogP contribution is -2.15. The van der Waals surface area contributed by atoms with Crippen molar-refractivity contribution in [3.63, 3.8) is 0 Å². The van der Waals surface area contributed by atoms with Crippen molar-refractivity contribution in [2.45, 2.75) is 37.3 Å². The van der Waals surface area contributed by atoms with Crippen molar-refractivity contribution in [3.05, 3.63) is 86.8 Å². The molecular weight excluding hydrogens is 428 g/mol. The van der Waals surface area contributed by atoms with Crippen LogP contribution in [0.3, 0.4) is 0 Å². The number of aryl methyl sites for hydroxylation is 1. The van der Waals surface area contributed by atoms with E-state index in [4.69, 9.17) is 0 Å². The minimum atomic E-state index is -0.176. The van der Waals surface area contributed by atoms with E-state index in [1.54, 1.807) is 0 Å². The van der Waals surface area contributed by atoms with Crippen molar-refractivity contribution < 1.29 is 4.79 Å². The molecule has 0 saturated carbocycles. The Balaban J connectivity index is 1.52. The summed E-state index contributed by atoms with van der Waals surface area (Å²) in [6, 6.07) is 16.6. The zero-order chi connectivity index (χ0) is 22.0. The Bertz CT molecular complexity index is 1290. The van der Waals surface area contributed by atoms with Gasteiger partial charge in [0.25, 0.3) is 11.5 Å². The third kappa shape index (κ3) is 4.86. The highest BCUT2D eigenvalue weighted by Gasteiger charge is 2.13. The van der Waals surface area contributed by atoms with Gasteiger partial charge in [-0.25, -0.2) is 4.98 Å². The highest BCUT2D eigenvalue weighted by atomic mass is 32.2. The molecule has 2 aromatic carbocycles. The van der Waals surface area contributed by atoms with E-state index in [1.807, 2.05) is 69.3 Å². The number of thioether (sulfide) groups is 1. The van der Waals surface area contributed by atoms with Gasteiger partial charge in [0, 0.05) is 28.2 Å². The summed E-state index contributed by atoms with van der Waals surface area (Å²) < 4.78 is 1.36. The number of hydrogen-bond acceptors (Lipinski definition) is 6. The fourth-order valence-corrected chi connectivity index (χ4v) is 4.75. The predicted molar refractivity (Wildman–Crippen MR) is 126 cm³/mol. The summed E-state index contributed by atoms with van der Waals surface area (Å²) in [5.74, 6) is 0.600. The van der Waals surface area contributed by atoms with Crippen molar-refractivity contribution in [1.82, 2.24) is 14.6 Å². The zero-order valence-electron chi connectivity index (χ0n) is 17.5. The molecule has 6 nitrogen and oxygen atoms in total. The number of benzene rings is 2. The standard InChI is InChI=1S/C23H22N4O2S2/c1-14(2)22-26-27-20(28)12-17(24-23(27)31-22)13-30-19-7-5-4-6-18(19)25-21(29)16-10-8-15(3)9-11-16/h4-12,14H,13H2,1-3H3,(H,25,29). The van der Waals surface area contributed by atoms with E-state index >= 15 is 0 Å². The van der Waals surface area contributed by atoms with Crippen molar-refractivity contribution in [2.75, 3.05) is 5.32 Å². The highest BCUT2D eigenvalue weighted by molar-refractivity contribution is 7.98. The first-order chi connectivity index (χ1) is 14.9. The average molecular weight is 451 g/mol. The Hall–Kier alpha value is -2.97. The molecule has 8 heteroatoms. The van der Waals surface area contributed by atoms with Crippen LogP contribution in [0, 0.1) is 6.92 Å². The number of amides is 1. The molecule has 0 spiro atoms. The Labute approximate surface area is 188 Å². The van der Waals surface area contributed by atoms with Gasteiger partial charge in [0.2, 0.25) is 4.96 Å². The van der Waals surface area contributed by atoms with Gasteiger partial charge in [-0.05, 0) is 31.2 Å². The summed E-state index contributed by atoms with van der Waals surface area (Å²) in [5, 5.41) is 8.23. The lowest BCUT2D eigenvalue weighted by molar-refractivity contribution is 0.102. The van der Waals surface area contributed by atoms with Gasteiger partial charge in [-0.1, -0.05) is 55.0 Å². The number of aromatic nitrogens is 3. The Morgan fingerprint density at radius 2 is 1.90 bits per heavy atom. The molecule has 0 fully saturated rings. The number of nitrogens with zero attached hydrogens (tertiary/aromatic N) is 3. The normalized spacial score (nSPS) is 11.2. The van der Waals surface area contributed by atoms with E-state index in [0.717, 1.165) is 21.2 Å². The molecule has 0 saturated heterocycles. The van der Waals surface area contributed by atoms with Crippen LogP contribution in [0.15, 0.2) is 64.3 Å². The largest absolute Gasteiger partial charge is 0.321 e. The van der Waals surface area contributed by atoms with Crippen LogP contribution in [0.4, 0.5) is 5.69 Å². The molecule has 0 radical (unpaired) electrons. The number of carbonyl (C=O) groups excluding carboxylic acids is 1. The molecule has 31 heavy (non-hydrogen) atoms. The van der Waals surface area contributed by atoms with Gasteiger partial charge < -0.3 is 5.32 Å². The van der Waals surface area contributed by atoms with Crippen LogP contribution in [0.2, 0.25) is 0 Å². The van der Waals surface area contributed by atoms with Crippen LogP contribution in [-0.4, -0.2) is 20.5 Å². The summed E-state index contributed by atoms with van der Waals surface area (Å²) in [6.45, 7) is 6.07. The van der Waals surface area contributed by atoms with Gasteiger partial charge in [-0.3, -0.25) is 9.59 Å². The lowest BCUT2D eigenvalue weighted by atomic mass is 10.1. The number of para-hydroxylation sites is 1. The third-order valence-electron chi connectivity index (χ3n) is 4.63. The fraction of sp³-hybridized carbons (Fsp3) is 0.217. The molecule has 1 N–H and O–H groups in total. The zero-order valence-corrected chi connectivity index (χ0v) is 19.1. The van der Waals surface area contributed by atoms with E-state index in [9.17, 15) is 9.59 Å². The van der Waals surface area contributed by atoms with Crippen LogP contribution in [0.1, 0.15) is 46.4 Å². The molecule has 0 bridgehead atoms. The van der Waals surface area contributed by atoms with E-state index in [2.05, 4.69) is 15.4 Å². The quantitative estimate of drug-likeness (QED) is 0.412. The van der Waals surface area contributed by atoms with Crippen LogP contribution >= 0.6 is 23.1 Å². The van der Waals surface area contributed by atoms with Crippen molar-refractivity contribution >= 4 is 39.7 Å². The maximum Gasteiger partial charge on any atom is 0.275 e. The molecule has 4 rings (SSSR count). The Morgan fingerprint density at radius 3 is 2.65 bits per heavy atom. The van der Waals surface area contributed by atoms with Crippen molar-refractivity contribution in [3.8, 4) is 0 Å². The molecule has 158 valence electrons. The summed E-state index contributed by atoms with van der Waals surface area (Å²) in [7, 11) is 0. The monoisotopic (exact) mass is 450 g/mol. The van der Waals surface area contributed by atoms with Gasteiger partial charge in [0.05, 0.1) is 11.4 Å². The number of nitrogens with one attached hydrogen (secondary N) is 1. The predicted octanol–water partition coefficient (Wildman–Crippen LogP) is 5.13. The van der Waals surface area contributed by atoms with Gasteiger partial charge in [0.15, 0.2) is 0 Å². The van der Waals surface area contributed by atoms with Crippen LogP contribution in [0.5, 0.6) is 0 Å². The van der Waals surface area contributed by atoms with Gasteiger partial charge in [0.1, 0.15) is 5.01 Å². The fourth-order valence-electron chi connectivity index (χ4n) is 2.93. The van der Waals surface area contributed by atoms with E-state index in [0.29, 0.717) is 22.0 Å². The smallest absolute Gasteiger partial charge is 0.275 e. The first kappa shape index (κ1) is 21.3. The number of fused-ring (bicyclic) bond motifs is 1. The van der Waals surface area contributed by atoms with Gasteiger partial charge in [-0.2, -0.15) is 9.61 Å². The number of rotatable bonds is 6. The molecule has 0 aliphatic carbocycles. The third-order valence-corrected chi connectivity index (χ3v) is 6.95. The second-order valence-corrected chi connectivity index (χ2v) is 9.48. The summed E-state index contributed by atoms with van der Waals surface area (Å²) in [5.41, 5.74) is 2.96. The summed E-state index contributed by atoms with van der Waals surface area (Å²) >= 11 is 2.97. The van der Waals surface area contributed by atoms with Crippen LogP contribution in [0.25, 0.3) is 4.96 Å². The molecule has 4 aromatic rings. The molecule has 0 aliphatic rings. The van der Waals surface area contributed by atoms with Crippen molar-refractivity contribution in [2.24, 2.45) is 0 Å². The number of anilines is 1. The maximum absolute atomic E-state index is 12.6. The van der Waals surface area contributed by atoms with E-state index in [-0.39, 0.29) is 17.4 Å². The molecule has 0 unspecified atom stereocenters. The number of hydrogen-bond donors (Lipinski definition) is 1. The topological polar surface area (TPSA) is 76.4 Å². The molecule has 2 heterocycles. The second kappa shape index (κ2) is 9.03. The summed E-state index contributed by atoms with van der Waals surface area (Å²) in [6.07, 6.45) is 0. The molecular formula is C23H22N4O2S2. The first-order valence-electron chi connectivity index (χ1n) is 9.90. The minimum Gasteiger partial charge on any atom is -0.321 e. The van der Waals surface area contributed by atoms with Crippen LogP contribution in [-0.2, 0) is 5.75 Å². The van der Waals surface area contributed by atoms with Crippen LogP contribution < -0.4 is 10.9 Å². The minimum absolute atomic E-state index is 0.156. The summed E-state index contributed by atoms with van der Waals surface area (Å²) in [4.78, 5) is 31.2. The molecule has 0 aliphatic heterocycles. The molecule has 2 aromatic heterocycles. The molecule has 0 atom stereocenters. The Morgan fingerprint density at radius 1 is 1.16 bits per heavy atom. The second-order valence-electron chi connectivity index (χ2n) is 7.48. The van der Waals surface area contributed by atoms with E-state index in [1.165, 1.54) is 33.7 Å². The maximum atomic E-state index is 12.6. The SMILES string of the molecule is Cc1ccc(C(=O)Nc2ccccc2SCc2cc(=O)n3nc(C(C)C)sc3n2)cc1.